The van der Waals surface area contributed by atoms with Crippen molar-refractivity contribution in [3.05, 3.63) is 0 Å². The molecule has 3 nitrogen and oxygen atoms in total. The van der Waals surface area contributed by atoms with Crippen molar-refractivity contribution in [1.29, 1.82) is 0 Å². The first-order chi connectivity index (χ1) is 6.59. The molecule has 88 valence electrons. The molecule has 0 radical (unpaired) electrons. The van der Waals surface area contributed by atoms with Crippen molar-refractivity contribution in [2.75, 3.05) is 13.1 Å². The molecular weight excluding hydrogens is 190 g/mol. The van der Waals surface area contributed by atoms with Gasteiger partial charge >= 0.3 is 5.97 Å². The van der Waals surface area contributed by atoms with E-state index in [0.29, 0.717) is 0 Å². The predicted molar refractivity (Wildman–Crippen MR) is 60.7 cm³/mol. The predicted octanol–water partition coefficient (Wildman–Crippen LogP) is 2.06. The third kappa shape index (κ3) is 3.49. The molecule has 0 N–H and O–H groups in total. The molecule has 0 bridgehead atoms. The van der Waals surface area contributed by atoms with Gasteiger partial charge in [0.1, 0.15) is 5.60 Å². The Morgan fingerprint density at radius 2 is 1.60 bits per heavy atom. The molecule has 0 aromatic heterocycles. The number of carbonyl (C=O) groups excluding carboxylic acids is 1. The Labute approximate surface area is 92.8 Å². The maximum atomic E-state index is 11.7. The van der Waals surface area contributed by atoms with Crippen molar-refractivity contribution >= 4 is 5.97 Å². The lowest BCUT2D eigenvalue weighted by molar-refractivity contribution is -0.168. The van der Waals surface area contributed by atoms with Crippen LogP contribution >= 0.6 is 0 Å². The van der Waals surface area contributed by atoms with Crippen LogP contribution in [0.5, 0.6) is 0 Å². The van der Waals surface area contributed by atoms with Crippen LogP contribution in [0.2, 0.25) is 0 Å². The summed E-state index contributed by atoms with van der Waals surface area (Å²) in [7, 11) is 0. The lowest BCUT2D eigenvalue weighted by atomic mass is 9.92. The molecule has 0 atom stereocenters. The van der Waals surface area contributed by atoms with Gasteiger partial charge in [-0.25, -0.2) is 0 Å². The zero-order valence-corrected chi connectivity index (χ0v) is 10.8. The normalized spacial score (nSPS) is 19.9. The lowest BCUT2D eigenvalue weighted by Crippen LogP contribution is -2.58. The second-order valence-electron chi connectivity index (χ2n) is 6.31. The zero-order chi connectivity index (χ0) is 11.9. The molecule has 1 aliphatic heterocycles. The number of hydrogen-bond donors (Lipinski definition) is 0. The Morgan fingerprint density at radius 3 is 1.93 bits per heavy atom. The highest BCUT2D eigenvalue weighted by Crippen LogP contribution is 2.27. The number of likely N-dealkylation sites (tertiary alicyclic amines) is 1. The average molecular weight is 213 g/mol. The molecule has 1 fully saturated rings. The summed E-state index contributed by atoms with van der Waals surface area (Å²) < 4.78 is 5.34. The van der Waals surface area contributed by atoms with E-state index in [0.717, 1.165) is 13.1 Å². The van der Waals surface area contributed by atoms with E-state index in [2.05, 4.69) is 25.7 Å². The molecule has 0 saturated carbocycles. The summed E-state index contributed by atoms with van der Waals surface area (Å²) in [5.41, 5.74) is -0.197. The summed E-state index contributed by atoms with van der Waals surface area (Å²) in [6, 6.07) is 0. The second kappa shape index (κ2) is 3.78. The van der Waals surface area contributed by atoms with Crippen LogP contribution in [0.3, 0.4) is 0 Å². The Kier molecular flexibility index (Phi) is 3.15. The van der Waals surface area contributed by atoms with Gasteiger partial charge in [0, 0.05) is 18.6 Å². The molecule has 0 spiro atoms. The SMILES string of the molecule is CC(C)(C)OC(=O)C1CN(C(C)(C)C)C1. The smallest absolute Gasteiger partial charge is 0.312 e. The first-order valence-electron chi connectivity index (χ1n) is 5.57. The number of nitrogens with zero attached hydrogens (tertiary/aromatic N) is 1. The number of carbonyl (C=O) groups is 1. The molecule has 1 saturated heterocycles. The largest absolute Gasteiger partial charge is 0.460 e. The van der Waals surface area contributed by atoms with Crippen LogP contribution in [0.4, 0.5) is 0 Å². The van der Waals surface area contributed by atoms with Crippen LogP contribution in [-0.2, 0) is 9.53 Å². The molecule has 3 heteroatoms. The van der Waals surface area contributed by atoms with E-state index in [1.807, 2.05) is 20.8 Å². The molecule has 0 amide bonds. The summed E-state index contributed by atoms with van der Waals surface area (Å²) in [5, 5.41) is 0. The standard InChI is InChI=1S/C12H23NO2/c1-11(2,3)13-7-9(8-13)10(14)15-12(4,5)6/h9H,7-8H2,1-6H3. The molecular formula is C12H23NO2. The number of esters is 1. The molecule has 15 heavy (non-hydrogen) atoms. The molecule has 0 aliphatic carbocycles. The Hall–Kier alpha value is -0.570. The number of hydrogen-bond acceptors (Lipinski definition) is 3. The van der Waals surface area contributed by atoms with E-state index in [4.69, 9.17) is 4.74 Å². The minimum atomic E-state index is -0.362. The fourth-order valence-corrected chi connectivity index (χ4v) is 1.56. The van der Waals surface area contributed by atoms with E-state index in [9.17, 15) is 4.79 Å². The highest BCUT2D eigenvalue weighted by atomic mass is 16.6. The van der Waals surface area contributed by atoms with Crippen LogP contribution in [0.25, 0.3) is 0 Å². The van der Waals surface area contributed by atoms with Gasteiger partial charge in [-0.1, -0.05) is 0 Å². The van der Waals surface area contributed by atoms with Crippen molar-refractivity contribution in [3.63, 3.8) is 0 Å². The summed E-state index contributed by atoms with van der Waals surface area (Å²) in [4.78, 5) is 14.0. The highest BCUT2D eigenvalue weighted by molar-refractivity contribution is 5.74. The third-order valence-electron chi connectivity index (χ3n) is 2.57. The van der Waals surface area contributed by atoms with Crippen LogP contribution in [0.1, 0.15) is 41.5 Å². The quantitative estimate of drug-likeness (QED) is 0.624. The number of rotatable bonds is 1. The fourth-order valence-electron chi connectivity index (χ4n) is 1.56. The van der Waals surface area contributed by atoms with Crippen molar-refractivity contribution in [2.45, 2.75) is 52.7 Å². The lowest BCUT2D eigenvalue weighted by Gasteiger charge is -2.46. The van der Waals surface area contributed by atoms with Crippen LogP contribution in [-0.4, -0.2) is 35.1 Å². The van der Waals surface area contributed by atoms with E-state index in [-0.39, 0.29) is 23.0 Å². The van der Waals surface area contributed by atoms with Gasteiger partial charge in [-0.15, -0.1) is 0 Å². The third-order valence-corrected chi connectivity index (χ3v) is 2.57. The topological polar surface area (TPSA) is 29.5 Å². The van der Waals surface area contributed by atoms with Gasteiger partial charge in [0.05, 0.1) is 5.92 Å². The van der Waals surface area contributed by atoms with E-state index < -0.39 is 0 Å². The molecule has 0 aromatic carbocycles. The Bertz CT molecular complexity index is 241. The maximum Gasteiger partial charge on any atom is 0.312 e. The van der Waals surface area contributed by atoms with Crippen molar-refractivity contribution in [3.8, 4) is 0 Å². The van der Waals surface area contributed by atoms with E-state index >= 15 is 0 Å². The van der Waals surface area contributed by atoms with Gasteiger partial charge in [0.2, 0.25) is 0 Å². The maximum absolute atomic E-state index is 11.7. The fraction of sp³-hybridized carbons (Fsp3) is 0.917. The van der Waals surface area contributed by atoms with Gasteiger partial charge in [-0.3, -0.25) is 9.69 Å². The molecule has 0 aromatic rings. The summed E-state index contributed by atoms with van der Waals surface area (Å²) in [5.74, 6) is 0.0199. The van der Waals surface area contributed by atoms with Crippen molar-refractivity contribution in [1.82, 2.24) is 4.90 Å². The Balaban J connectivity index is 2.37. The first-order valence-corrected chi connectivity index (χ1v) is 5.57. The zero-order valence-electron chi connectivity index (χ0n) is 10.8. The summed E-state index contributed by atoms with van der Waals surface area (Å²) >= 11 is 0. The first kappa shape index (κ1) is 12.5. The van der Waals surface area contributed by atoms with Crippen LogP contribution in [0, 0.1) is 5.92 Å². The van der Waals surface area contributed by atoms with Crippen molar-refractivity contribution in [2.24, 2.45) is 5.92 Å². The van der Waals surface area contributed by atoms with Gasteiger partial charge < -0.3 is 4.74 Å². The van der Waals surface area contributed by atoms with Gasteiger partial charge in [0.25, 0.3) is 0 Å². The minimum absolute atomic E-state index is 0.0528. The van der Waals surface area contributed by atoms with E-state index in [1.165, 1.54) is 0 Å². The monoisotopic (exact) mass is 213 g/mol. The summed E-state index contributed by atoms with van der Waals surface area (Å²) in [6.07, 6.45) is 0. The van der Waals surface area contributed by atoms with Gasteiger partial charge in [-0.2, -0.15) is 0 Å². The van der Waals surface area contributed by atoms with Crippen LogP contribution < -0.4 is 0 Å². The van der Waals surface area contributed by atoms with Crippen molar-refractivity contribution < 1.29 is 9.53 Å². The summed E-state index contributed by atoms with van der Waals surface area (Å²) in [6.45, 7) is 13.9. The number of ether oxygens (including phenoxy) is 1. The molecule has 1 aliphatic rings. The Morgan fingerprint density at radius 1 is 1.13 bits per heavy atom. The van der Waals surface area contributed by atoms with Gasteiger partial charge in [-0.05, 0) is 41.5 Å². The highest BCUT2D eigenvalue weighted by Gasteiger charge is 2.40. The van der Waals surface area contributed by atoms with Crippen LogP contribution in [0.15, 0.2) is 0 Å². The average Bonchev–Trinajstić information content (AvgIpc) is 1.72. The molecule has 1 rings (SSSR count). The molecule has 1 heterocycles. The molecule has 0 unspecified atom stereocenters. The minimum Gasteiger partial charge on any atom is -0.460 e. The second-order valence-corrected chi connectivity index (χ2v) is 6.31. The van der Waals surface area contributed by atoms with Gasteiger partial charge in [0.15, 0.2) is 0 Å². The van der Waals surface area contributed by atoms with E-state index in [1.54, 1.807) is 0 Å².